The Bertz CT molecular complexity index is 1310. The molecule has 0 bridgehead atoms. The van der Waals surface area contributed by atoms with E-state index in [0.29, 0.717) is 5.56 Å². The van der Waals surface area contributed by atoms with Crippen molar-refractivity contribution < 1.29 is 42.1 Å². The minimum absolute atomic E-state index is 0.0390. The van der Waals surface area contributed by atoms with Crippen LogP contribution >= 0.6 is 22.3 Å². The Balaban J connectivity index is 2.69. The van der Waals surface area contributed by atoms with Crippen LogP contribution in [0.15, 0.2) is 48.5 Å². The quantitative estimate of drug-likeness (QED) is 0.143. The van der Waals surface area contributed by atoms with Crippen LogP contribution in [0.4, 0.5) is 0 Å². The first kappa shape index (κ1) is 35.5. The fourth-order valence-corrected chi connectivity index (χ4v) is 11.5. The summed E-state index contributed by atoms with van der Waals surface area (Å²) in [5.74, 6) is -0.233. The van der Waals surface area contributed by atoms with Crippen molar-refractivity contribution in [2.45, 2.75) is 84.6 Å². The third-order valence-electron chi connectivity index (χ3n) is 7.62. The molecule has 2 rings (SSSR count). The van der Waals surface area contributed by atoms with Crippen LogP contribution in [0, 0.1) is 0 Å². The Morgan fingerprint density at radius 1 is 0.878 bits per heavy atom. The molecule has 0 amide bonds. The largest absolute Gasteiger partial charge is 0.461 e. The number of rotatable bonds is 16. The molecule has 0 aliphatic heterocycles. The lowest BCUT2D eigenvalue weighted by Crippen LogP contribution is -2.34. The minimum Gasteiger partial charge on any atom is -0.461 e. The molecule has 0 radical (unpaired) electrons. The van der Waals surface area contributed by atoms with E-state index >= 15 is 0 Å². The third-order valence-corrected chi connectivity index (χ3v) is 16.7. The van der Waals surface area contributed by atoms with Crippen molar-refractivity contribution in [3.8, 4) is 5.75 Å². The maximum Gasteiger partial charge on any atom is 0.341 e. The molecule has 0 saturated carbocycles. The van der Waals surface area contributed by atoms with Gasteiger partial charge >= 0.3 is 13.6 Å². The molecule has 0 heterocycles. The number of ether oxygens (including phenoxy) is 1. The summed E-state index contributed by atoms with van der Waals surface area (Å²) >= 11 is 0. The number of hydrogen-bond acceptors (Lipinski definition) is 7. The second kappa shape index (κ2) is 14.2. The van der Waals surface area contributed by atoms with Crippen molar-refractivity contribution in [2.24, 2.45) is 0 Å². The minimum atomic E-state index is -4.93. The summed E-state index contributed by atoms with van der Waals surface area (Å²) < 4.78 is 58.3. The highest BCUT2D eigenvalue weighted by molar-refractivity contribution is 7.80. The van der Waals surface area contributed by atoms with Gasteiger partial charge in [-0.15, -0.1) is 0 Å². The molecule has 0 spiro atoms. The van der Waals surface area contributed by atoms with Crippen LogP contribution < -0.4 is 9.83 Å². The number of carbonyl (C=O) groups excluding carboxylic acids is 1. The molecule has 41 heavy (non-hydrogen) atoms. The van der Waals surface area contributed by atoms with E-state index in [4.69, 9.17) is 13.8 Å². The molecule has 0 aliphatic carbocycles. The molecule has 0 fully saturated rings. The van der Waals surface area contributed by atoms with Gasteiger partial charge in [0.05, 0.1) is 13.0 Å². The molecule has 2 N–H and O–H groups in total. The Hall–Kier alpha value is -1.72. The van der Waals surface area contributed by atoms with Gasteiger partial charge < -0.3 is 23.6 Å². The zero-order valence-electron chi connectivity index (χ0n) is 25.2. The molecule has 2 aromatic rings. The molecule has 2 aromatic carbocycles. The van der Waals surface area contributed by atoms with E-state index in [9.17, 15) is 28.3 Å². The Morgan fingerprint density at radius 3 is 1.95 bits per heavy atom. The summed E-state index contributed by atoms with van der Waals surface area (Å²) in [5, 5.41) is 0.0993. The maximum atomic E-state index is 14.7. The first-order chi connectivity index (χ1) is 19.1. The highest BCUT2D eigenvalue weighted by Gasteiger charge is 2.59. The van der Waals surface area contributed by atoms with Gasteiger partial charge in [0.15, 0.2) is 4.90 Å². The van der Waals surface area contributed by atoms with Gasteiger partial charge in [-0.05, 0) is 43.5 Å². The standard InChI is InChI=1S/C29H45O9P3/c1-8-29(9-2,41(33,34)35)40(32,37-10-3)24-18-19-26(38-39(31,11-4)12-5)25(20-24)28(6,7)21-27(30)36-22-23-16-14-13-15-17-23/h13-20H,8-12,21-22H2,1-7H3,(H2,33,34,35). The number of benzene rings is 2. The van der Waals surface area contributed by atoms with E-state index in [2.05, 4.69) is 0 Å². The summed E-state index contributed by atoms with van der Waals surface area (Å²) in [5.41, 5.74) is 0.286. The molecule has 1 atom stereocenters. The summed E-state index contributed by atoms with van der Waals surface area (Å²) in [6, 6.07) is 13.8. The van der Waals surface area contributed by atoms with Gasteiger partial charge in [-0.1, -0.05) is 71.9 Å². The molecule has 0 saturated heterocycles. The van der Waals surface area contributed by atoms with E-state index in [1.807, 2.05) is 30.3 Å². The van der Waals surface area contributed by atoms with Crippen molar-refractivity contribution in [3.05, 3.63) is 59.7 Å². The molecular weight excluding hydrogens is 585 g/mol. The summed E-state index contributed by atoms with van der Waals surface area (Å²) in [6.45, 7) is 11.9. The predicted octanol–water partition coefficient (Wildman–Crippen LogP) is 7.43. The van der Waals surface area contributed by atoms with Crippen molar-refractivity contribution >= 4 is 33.6 Å². The van der Waals surface area contributed by atoms with Gasteiger partial charge in [0, 0.05) is 28.6 Å². The lowest BCUT2D eigenvalue weighted by molar-refractivity contribution is -0.146. The molecule has 230 valence electrons. The van der Waals surface area contributed by atoms with Crippen LogP contribution in [0.3, 0.4) is 0 Å². The lowest BCUT2D eigenvalue weighted by Gasteiger charge is -2.39. The lowest BCUT2D eigenvalue weighted by atomic mass is 9.81. The van der Waals surface area contributed by atoms with Crippen LogP contribution in [0.5, 0.6) is 5.75 Å². The normalized spacial score (nSPS) is 14.4. The second-order valence-corrected chi connectivity index (χ2v) is 18.7. The molecule has 12 heteroatoms. The van der Waals surface area contributed by atoms with Crippen molar-refractivity contribution in [1.82, 2.24) is 0 Å². The first-order valence-corrected chi connectivity index (χ1v) is 19.2. The zero-order chi connectivity index (χ0) is 31.1. The van der Waals surface area contributed by atoms with Crippen LogP contribution in [0.25, 0.3) is 0 Å². The summed E-state index contributed by atoms with van der Waals surface area (Å²) in [7, 11) is -12.2. The summed E-state index contributed by atoms with van der Waals surface area (Å²) in [4.78, 5) is 32.0. The molecule has 9 nitrogen and oxygen atoms in total. The van der Waals surface area contributed by atoms with Gasteiger partial charge in [-0.3, -0.25) is 18.5 Å². The van der Waals surface area contributed by atoms with Crippen LogP contribution in [-0.2, 0) is 39.8 Å². The Kier molecular flexibility index (Phi) is 12.3. The van der Waals surface area contributed by atoms with Gasteiger partial charge in [-0.25, -0.2) is 0 Å². The van der Waals surface area contributed by atoms with Crippen molar-refractivity contribution in [1.29, 1.82) is 0 Å². The van der Waals surface area contributed by atoms with E-state index in [0.717, 1.165) is 5.56 Å². The zero-order valence-corrected chi connectivity index (χ0v) is 27.8. The fourth-order valence-electron chi connectivity index (χ4n) is 4.95. The first-order valence-electron chi connectivity index (χ1n) is 14.0. The smallest absolute Gasteiger partial charge is 0.341 e. The molecule has 0 aromatic heterocycles. The van der Waals surface area contributed by atoms with Crippen molar-refractivity contribution in [2.75, 3.05) is 18.9 Å². The third kappa shape index (κ3) is 7.82. The second-order valence-electron chi connectivity index (χ2n) is 10.6. The number of esters is 1. The monoisotopic (exact) mass is 630 g/mol. The van der Waals surface area contributed by atoms with Crippen LogP contribution in [0.2, 0.25) is 0 Å². The van der Waals surface area contributed by atoms with Crippen molar-refractivity contribution in [3.63, 3.8) is 0 Å². The molecular formula is C29H45O9P3. The van der Waals surface area contributed by atoms with E-state index < -0.39 is 38.6 Å². The average Bonchev–Trinajstić information content (AvgIpc) is 2.92. The highest BCUT2D eigenvalue weighted by Crippen LogP contribution is 2.75. The van der Waals surface area contributed by atoms with E-state index in [1.54, 1.807) is 48.5 Å². The predicted molar refractivity (Wildman–Crippen MR) is 164 cm³/mol. The topological polar surface area (TPSA) is 136 Å². The van der Waals surface area contributed by atoms with E-state index in [1.165, 1.54) is 18.2 Å². The molecule has 1 unspecified atom stereocenters. The number of carbonyl (C=O) groups is 1. The van der Waals surface area contributed by atoms with Gasteiger partial charge in [0.1, 0.15) is 12.4 Å². The van der Waals surface area contributed by atoms with Gasteiger partial charge in [0.25, 0.3) is 0 Å². The van der Waals surface area contributed by atoms with Gasteiger partial charge in [0.2, 0.25) is 14.7 Å². The summed E-state index contributed by atoms with van der Waals surface area (Å²) in [6.07, 6.45) is 0.305. The Morgan fingerprint density at radius 2 is 1.46 bits per heavy atom. The number of hydrogen-bond donors (Lipinski definition) is 2. The van der Waals surface area contributed by atoms with Crippen LogP contribution in [-0.4, -0.2) is 39.6 Å². The maximum absolute atomic E-state index is 14.7. The fraction of sp³-hybridized carbons (Fsp3) is 0.552. The van der Waals surface area contributed by atoms with Crippen LogP contribution in [0.1, 0.15) is 78.9 Å². The van der Waals surface area contributed by atoms with Gasteiger partial charge in [-0.2, -0.15) is 0 Å². The SMILES string of the molecule is CCOP(=O)(c1ccc(OP(=O)(CC)CC)c(C(C)(C)CC(=O)OCc2ccccc2)c1)C(CC)(CC)P(=O)(O)O. The highest BCUT2D eigenvalue weighted by atomic mass is 31.2. The molecule has 0 aliphatic rings. The van der Waals surface area contributed by atoms with E-state index in [-0.39, 0.29) is 55.9 Å². The average molecular weight is 631 g/mol. The Labute approximate surface area is 244 Å².